The molecule has 246 valence electrons. The molecule has 2 aromatic rings. The van der Waals surface area contributed by atoms with Crippen LogP contribution in [-0.4, -0.2) is 41.3 Å². The van der Waals surface area contributed by atoms with Crippen molar-refractivity contribution in [1.82, 2.24) is 4.98 Å². The first-order chi connectivity index (χ1) is 20.5. The fourth-order valence-electron chi connectivity index (χ4n) is 4.35. The number of carbonyl (C=O) groups is 1. The van der Waals surface area contributed by atoms with E-state index in [0.29, 0.717) is 11.7 Å². The normalized spacial score (nSPS) is 15.6. The number of aliphatic hydroxyl groups excluding tert-OH is 1. The lowest BCUT2D eigenvalue weighted by Gasteiger charge is -2.49. The van der Waals surface area contributed by atoms with Crippen molar-refractivity contribution < 1.29 is 18.7 Å². The average Bonchev–Trinajstić information content (AvgIpc) is 3.91. The van der Waals surface area contributed by atoms with Crippen molar-refractivity contribution in [1.29, 1.82) is 0 Å². The van der Waals surface area contributed by atoms with Crippen LogP contribution in [0.5, 0.6) is 0 Å². The zero-order valence-corrected chi connectivity index (χ0v) is 29.6. The molecule has 0 radical (unpaired) electrons. The highest BCUT2D eigenvalue weighted by Gasteiger charge is 2.40. The van der Waals surface area contributed by atoms with Gasteiger partial charge in [0.15, 0.2) is 17.4 Å². The highest BCUT2D eigenvalue weighted by Crippen LogP contribution is 2.44. The number of halogens is 2. The summed E-state index contributed by atoms with van der Waals surface area (Å²) in [5.41, 5.74) is 3.22. The summed E-state index contributed by atoms with van der Waals surface area (Å²) in [7, 11) is 1.00. The van der Waals surface area contributed by atoms with Crippen LogP contribution in [0, 0.1) is 24.0 Å². The largest absolute Gasteiger partial charge is 0.400 e. The number of benzene rings is 1. The summed E-state index contributed by atoms with van der Waals surface area (Å²) in [6.45, 7) is 19.5. The second kappa shape index (κ2) is 21.7. The maximum atomic E-state index is 14.4. The molecular weight excluding hydrogens is 562 g/mol. The van der Waals surface area contributed by atoms with E-state index in [4.69, 9.17) is 5.11 Å². The van der Waals surface area contributed by atoms with Crippen molar-refractivity contribution in [2.45, 2.75) is 131 Å². The molecule has 3 aliphatic rings. The smallest absolute Gasteiger partial charge is 0.165 e. The van der Waals surface area contributed by atoms with Gasteiger partial charge in [0, 0.05) is 37.1 Å². The molecule has 1 saturated heterocycles. The van der Waals surface area contributed by atoms with Crippen molar-refractivity contribution >= 4 is 24.2 Å². The van der Waals surface area contributed by atoms with Gasteiger partial charge in [0.1, 0.15) is 5.82 Å². The Labute approximate surface area is 267 Å². The Balaban J connectivity index is 0.000000985. The Morgan fingerprint density at radius 3 is 1.91 bits per heavy atom. The summed E-state index contributed by atoms with van der Waals surface area (Å²) in [4.78, 5) is 17.9. The molecule has 5 rings (SSSR count). The van der Waals surface area contributed by atoms with Crippen LogP contribution in [0.25, 0.3) is 0 Å². The van der Waals surface area contributed by atoms with Crippen LogP contribution in [0.1, 0.15) is 140 Å². The van der Waals surface area contributed by atoms with Crippen LogP contribution in [0.2, 0.25) is 0 Å². The number of pyridine rings is 1. The van der Waals surface area contributed by atoms with E-state index in [0.717, 1.165) is 67.8 Å². The number of rotatable bonds is 7. The van der Waals surface area contributed by atoms with Gasteiger partial charge in [0.25, 0.3) is 0 Å². The van der Waals surface area contributed by atoms with Gasteiger partial charge < -0.3 is 10.0 Å². The standard InChI is InChI=1S/C23H26F2N2O.C4H10.C3H6S.C3H8.C2H6.CH4O/c1-14-8-21(25)22(26-11-14)27-12-23(3,13-27)7-6-17-9-20(24)18(15(2)28)10-19(17)16-4-5-16;1-3-4-2;4-3-1-2-3;1-3-2;2*1-2/h8-11,16H,4-7,12-13H2,1-3H3;3-4H2,1-2H3;3-4H,1-2H2;3H2,1-2H3;1-2H3;2H,1H3. The van der Waals surface area contributed by atoms with Crippen molar-refractivity contribution in [2.24, 2.45) is 5.41 Å². The van der Waals surface area contributed by atoms with Gasteiger partial charge in [-0.05, 0) is 93.2 Å². The van der Waals surface area contributed by atoms with E-state index in [9.17, 15) is 13.6 Å². The Morgan fingerprint density at radius 2 is 1.51 bits per heavy atom. The Bertz CT molecular complexity index is 1060. The fourth-order valence-corrected chi connectivity index (χ4v) is 4.49. The number of Topliss-reactive ketones (excluding diaryl/α,β-unsaturated/α-hetero) is 1. The molecule has 0 amide bonds. The fraction of sp³-hybridized carbons (Fsp3) is 0.667. The minimum atomic E-state index is -0.418. The maximum Gasteiger partial charge on any atom is 0.165 e. The topological polar surface area (TPSA) is 53.4 Å². The van der Waals surface area contributed by atoms with Crippen molar-refractivity contribution in [3.8, 4) is 0 Å². The molecule has 1 aliphatic heterocycles. The molecule has 2 saturated carbocycles. The SMILES string of the molecule is CC.CC(=O)c1cc(C2CC2)c(CCC2(C)CN(c3ncc(C)cc3F)C2)cc1F.CCC.CCCC.CO.SC1CC1. The molecule has 7 heteroatoms. The Morgan fingerprint density at radius 1 is 1.00 bits per heavy atom. The van der Waals surface area contributed by atoms with Crippen molar-refractivity contribution in [3.05, 3.63) is 58.3 Å². The van der Waals surface area contributed by atoms with Gasteiger partial charge in [-0.1, -0.05) is 67.7 Å². The van der Waals surface area contributed by atoms with E-state index in [1.807, 2.05) is 25.7 Å². The predicted molar refractivity (Wildman–Crippen MR) is 184 cm³/mol. The number of ketones is 1. The number of aryl methyl sites for hydroxylation is 2. The maximum absolute atomic E-state index is 14.4. The molecule has 1 N–H and O–H groups in total. The molecule has 0 unspecified atom stereocenters. The lowest BCUT2D eigenvalue weighted by molar-refractivity contribution is 0.101. The summed E-state index contributed by atoms with van der Waals surface area (Å²) in [5, 5.41) is 7.78. The number of unbranched alkanes of at least 4 members (excludes halogenated alkanes) is 1. The second-order valence-corrected chi connectivity index (χ2v) is 12.5. The summed E-state index contributed by atoms with van der Waals surface area (Å²) < 4.78 is 28.5. The van der Waals surface area contributed by atoms with Crippen LogP contribution in [0.3, 0.4) is 0 Å². The first kappa shape index (κ1) is 41.0. The molecule has 1 aromatic heterocycles. The Kier molecular flexibility index (Phi) is 20.7. The van der Waals surface area contributed by atoms with Gasteiger partial charge in [-0.2, -0.15) is 12.6 Å². The molecule has 43 heavy (non-hydrogen) atoms. The van der Waals surface area contributed by atoms with E-state index in [1.54, 1.807) is 18.3 Å². The lowest BCUT2D eigenvalue weighted by atomic mass is 9.76. The molecule has 4 nitrogen and oxygen atoms in total. The number of hydrogen-bond donors (Lipinski definition) is 2. The average molecular weight is 623 g/mol. The molecule has 1 aromatic carbocycles. The van der Waals surface area contributed by atoms with Gasteiger partial charge in [0.05, 0.1) is 5.56 Å². The van der Waals surface area contributed by atoms with Crippen molar-refractivity contribution in [2.75, 3.05) is 25.1 Å². The number of hydrogen-bond acceptors (Lipinski definition) is 5. The van der Waals surface area contributed by atoms with Crippen LogP contribution < -0.4 is 4.90 Å². The first-order valence-corrected chi connectivity index (χ1v) is 16.8. The van der Waals surface area contributed by atoms with Crippen LogP contribution >= 0.6 is 12.6 Å². The third-order valence-electron chi connectivity index (χ3n) is 7.07. The second-order valence-electron chi connectivity index (χ2n) is 11.8. The molecule has 0 atom stereocenters. The third kappa shape index (κ3) is 15.0. The van der Waals surface area contributed by atoms with Crippen LogP contribution in [0.15, 0.2) is 24.4 Å². The first-order valence-electron chi connectivity index (χ1n) is 16.3. The van der Waals surface area contributed by atoms with Crippen LogP contribution in [0.4, 0.5) is 14.6 Å². The van der Waals surface area contributed by atoms with Crippen LogP contribution in [-0.2, 0) is 6.42 Å². The number of anilines is 1. The van der Waals surface area contributed by atoms with Gasteiger partial charge >= 0.3 is 0 Å². The molecule has 2 aliphatic carbocycles. The Hall–Kier alpha value is -1.99. The zero-order valence-electron chi connectivity index (χ0n) is 28.7. The molecule has 3 fully saturated rings. The highest BCUT2D eigenvalue weighted by molar-refractivity contribution is 7.81. The van der Waals surface area contributed by atoms with E-state index < -0.39 is 5.82 Å². The highest BCUT2D eigenvalue weighted by atomic mass is 32.1. The van der Waals surface area contributed by atoms with E-state index in [2.05, 4.69) is 52.2 Å². The number of nitrogens with zero attached hydrogens (tertiary/aromatic N) is 2. The molecular formula is C36H60F2N2O2S. The summed E-state index contributed by atoms with van der Waals surface area (Å²) in [6.07, 6.45) is 12.2. The zero-order chi connectivity index (χ0) is 33.2. The van der Waals surface area contributed by atoms with Gasteiger partial charge in [-0.3, -0.25) is 4.79 Å². The van der Waals surface area contributed by atoms with Crippen molar-refractivity contribution in [3.63, 3.8) is 0 Å². The predicted octanol–water partition coefficient (Wildman–Crippen LogP) is 10.1. The minimum Gasteiger partial charge on any atom is -0.400 e. The summed E-state index contributed by atoms with van der Waals surface area (Å²) in [5.74, 6) is -0.0396. The molecule has 0 spiro atoms. The number of aliphatic hydroxyl groups is 1. The third-order valence-corrected chi connectivity index (χ3v) is 7.59. The van der Waals surface area contributed by atoms with Gasteiger partial charge in [0.2, 0.25) is 0 Å². The lowest BCUT2D eigenvalue weighted by Crippen LogP contribution is -2.55. The minimum absolute atomic E-state index is 0.0511. The summed E-state index contributed by atoms with van der Waals surface area (Å²) in [6, 6.07) is 4.84. The monoisotopic (exact) mass is 622 g/mol. The van der Waals surface area contributed by atoms with E-state index in [-0.39, 0.29) is 22.6 Å². The number of aromatic nitrogens is 1. The number of thiol groups is 1. The van der Waals surface area contributed by atoms with E-state index in [1.165, 1.54) is 45.1 Å². The number of carbonyl (C=O) groups excluding carboxylic acids is 1. The van der Waals surface area contributed by atoms with E-state index >= 15 is 0 Å². The van der Waals surface area contributed by atoms with Gasteiger partial charge in [-0.25, -0.2) is 13.8 Å². The summed E-state index contributed by atoms with van der Waals surface area (Å²) >= 11 is 4.08. The quantitative estimate of drug-likeness (QED) is 0.238. The molecule has 2 heterocycles. The van der Waals surface area contributed by atoms with Gasteiger partial charge in [-0.15, -0.1) is 0 Å². The molecule has 0 bridgehead atoms.